The van der Waals surface area contributed by atoms with Crippen LogP contribution < -0.4 is 0 Å². The fourth-order valence-corrected chi connectivity index (χ4v) is 7.18. The van der Waals surface area contributed by atoms with Crippen LogP contribution in [0.5, 0.6) is 0 Å². The number of benzene rings is 3. The highest BCUT2D eigenvalue weighted by atomic mass is 16.6. The molecule has 0 N–H and O–H groups in total. The first-order valence-corrected chi connectivity index (χ1v) is 16.1. The molecule has 0 amide bonds. The molecule has 0 spiro atoms. The smallest absolute Gasteiger partial charge is 0.0916 e. The largest absolute Gasteiger partial charge is 0.379 e. The van der Waals surface area contributed by atoms with Crippen LogP contribution in [-0.2, 0) is 23.7 Å². The second kappa shape index (κ2) is 15.6. The van der Waals surface area contributed by atoms with E-state index in [9.17, 15) is 0 Å². The first kappa shape index (κ1) is 31.3. The molecule has 7 rings (SSSR count). The van der Waals surface area contributed by atoms with Gasteiger partial charge in [0, 0.05) is 31.7 Å². The Kier molecular flexibility index (Phi) is 11.1. The van der Waals surface area contributed by atoms with Gasteiger partial charge in [-0.3, -0.25) is 14.7 Å². The summed E-state index contributed by atoms with van der Waals surface area (Å²) in [6.07, 6.45) is 0.569. The molecule has 44 heavy (non-hydrogen) atoms. The lowest BCUT2D eigenvalue weighted by molar-refractivity contribution is -0.293. The highest BCUT2D eigenvalue weighted by Gasteiger charge is 2.61. The maximum atomic E-state index is 6.36. The molecule has 0 aliphatic carbocycles. The van der Waals surface area contributed by atoms with Crippen LogP contribution in [0.25, 0.3) is 0 Å². The van der Waals surface area contributed by atoms with E-state index < -0.39 is 0 Å². The Hall–Kier alpha value is -2.66. The molecule has 4 aliphatic rings. The predicted octanol–water partition coefficient (Wildman–Crippen LogP) is 5.12. The van der Waals surface area contributed by atoms with Gasteiger partial charge in [-0.2, -0.15) is 0 Å². The molecule has 0 aromatic heterocycles. The molecule has 3 aromatic carbocycles. The van der Waals surface area contributed by atoms with E-state index in [1.807, 2.05) is 6.92 Å². The number of hydrogen-bond donors (Lipinski definition) is 0. The van der Waals surface area contributed by atoms with Crippen LogP contribution in [0, 0.1) is 5.41 Å². The molecule has 8 heteroatoms. The molecule has 4 bridgehead atoms. The molecule has 4 saturated heterocycles. The fraction of sp³-hybridized carbons (Fsp3) is 0.500. The third-order valence-electron chi connectivity index (χ3n) is 8.83. The first-order chi connectivity index (χ1) is 21.8. The van der Waals surface area contributed by atoms with Gasteiger partial charge in [-0.15, -0.1) is 0 Å². The van der Waals surface area contributed by atoms with Gasteiger partial charge in [0.15, 0.2) is 0 Å². The zero-order valence-corrected chi connectivity index (χ0v) is 26.0. The first-order valence-electron chi connectivity index (χ1n) is 16.1. The molecule has 0 saturated carbocycles. The van der Waals surface area contributed by atoms with E-state index in [-0.39, 0.29) is 23.9 Å². The lowest BCUT2D eigenvalue weighted by Gasteiger charge is -2.70. The van der Waals surface area contributed by atoms with Gasteiger partial charge >= 0.3 is 0 Å². The van der Waals surface area contributed by atoms with Crippen LogP contribution in [0.15, 0.2) is 91.0 Å². The van der Waals surface area contributed by atoms with E-state index in [2.05, 4.69) is 106 Å². The van der Waals surface area contributed by atoms with Crippen molar-refractivity contribution in [2.24, 2.45) is 5.41 Å². The SMILES string of the molecule is CCOCCOCCOCCOCCOCC12CN3C(c4ccccc4)N(C1)C(c1ccccc1)N(C2)C3c1ccccc1. The summed E-state index contributed by atoms with van der Waals surface area (Å²) in [5, 5.41) is 0. The maximum Gasteiger partial charge on any atom is 0.0916 e. The van der Waals surface area contributed by atoms with Crippen LogP contribution in [0.4, 0.5) is 0 Å². The highest BCUT2D eigenvalue weighted by molar-refractivity contribution is 5.31. The van der Waals surface area contributed by atoms with Crippen molar-refractivity contribution in [3.63, 3.8) is 0 Å². The normalized spacial score (nSPS) is 28.8. The van der Waals surface area contributed by atoms with Crippen molar-refractivity contribution < 1.29 is 23.7 Å². The van der Waals surface area contributed by atoms with Gasteiger partial charge in [0.25, 0.3) is 0 Å². The third kappa shape index (κ3) is 7.25. The second-order valence-corrected chi connectivity index (χ2v) is 12.0. The molecule has 4 aliphatic heterocycles. The molecule has 236 valence electrons. The van der Waals surface area contributed by atoms with Crippen LogP contribution in [-0.4, -0.2) is 100 Å². The van der Waals surface area contributed by atoms with Crippen molar-refractivity contribution in [1.29, 1.82) is 0 Å². The molecule has 0 atom stereocenters. The zero-order valence-electron chi connectivity index (χ0n) is 26.0. The molecule has 0 unspecified atom stereocenters. The fourth-order valence-electron chi connectivity index (χ4n) is 7.18. The van der Waals surface area contributed by atoms with Crippen LogP contribution in [0.2, 0.25) is 0 Å². The Morgan fingerprint density at radius 3 is 1.14 bits per heavy atom. The quantitative estimate of drug-likeness (QED) is 0.186. The molecule has 0 radical (unpaired) electrons. The Morgan fingerprint density at radius 1 is 0.477 bits per heavy atom. The van der Waals surface area contributed by atoms with Crippen molar-refractivity contribution in [3.8, 4) is 0 Å². The van der Waals surface area contributed by atoms with Gasteiger partial charge in [-0.25, -0.2) is 0 Å². The molecule has 4 heterocycles. The van der Waals surface area contributed by atoms with Crippen molar-refractivity contribution in [3.05, 3.63) is 108 Å². The van der Waals surface area contributed by atoms with Crippen molar-refractivity contribution in [2.45, 2.75) is 25.4 Å². The summed E-state index contributed by atoms with van der Waals surface area (Å²) in [5.74, 6) is 0. The summed E-state index contributed by atoms with van der Waals surface area (Å²) in [4.78, 5) is 8.11. The van der Waals surface area contributed by atoms with Gasteiger partial charge in [-0.1, -0.05) is 91.0 Å². The van der Waals surface area contributed by atoms with Crippen LogP contribution in [0.1, 0.15) is 42.1 Å². The average Bonchev–Trinajstić information content (AvgIpc) is 3.06. The van der Waals surface area contributed by atoms with E-state index in [1.54, 1.807) is 0 Å². The Labute approximate surface area is 262 Å². The summed E-state index contributed by atoms with van der Waals surface area (Å²) in [6, 6.07) is 33.0. The number of ether oxygens (including phenoxy) is 5. The summed E-state index contributed by atoms with van der Waals surface area (Å²) >= 11 is 0. The van der Waals surface area contributed by atoms with Crippen molar-refractivity contribution >= 4 is 0 Å². The topological polar surface area (TPSA) is 55.9 Å². The number of hydrogen-bond acceptors (Lipinski definition) is 8. The van der Waals surface area contributed by atoms with Gasteiger partial charge in [-0.05, 0) is 23.6 Å². The Morgan fingerprint density at radius 2 is 0.795 bits per heavy atom. The van der Waals surface area contributed by atoms with Gasteiger partial charge in [0.1, 0.15) is 0 Å². The predicted molar refractivity (Wildman–Crippen MR) is 170 cm³/mol. The second-order valence-electron chi connectivity index (χ2n) is 12.0. The minimum absolute atomic E-state index is 0.0210. The average molecular weight is 602 g/mol. The van der Waals surface area contributed by atoms with Gasteiger partial charge < -0.3 is 23.7 Å². The van der Waals surface area contributed by atoms with Crippen LogP contribution in [0.3, 0.4) is 0 Å². The Bertz CT molecular complexity index is 1110. The summed E-state index contributed by atoms with van der Waals surface area (Å²) in [6.45, 7) is 11.0. The summed E-state index contributed by atoms with van der Waals surface area (Å²) < 4.78 is 28.5. The standard InChI is InChI=1S/C36H47N3O5/c1-2-40-18-19-41-20-21-42-22-23-43-24-25-44-29-36-26-37-33(30-12-6-3-7-13-30)38(27-36)35(32-16-10-5-11-17-32)39(28-36)34(37)31-14-8-4-9-15-31/h3-17,33-35H,2,18-29H2,1H3. The minimum atomic E-state index is 0.0210. The minimum Gasteiger partial charge on any atom is -0.379 e. The monoisotopic (exact) mass is 601 g/mol. The summed E-state index contributed by atoms with van der Waals surface area (Å²) in [7, 11) is 0. The van der Waals surface area contributed by atoms with Gasteiger partial charge in [0.2, 0.25) is 0 Å². The highest BCUT2D eigenvalue weighted by Crippen LogP contribution is 2.57. The van der Waals surface area contributed by atoms with E-state index >= 15 is 0 Å². The molecular weight excluding hydrogens is 554 g/mol. The van der Waals surface area contributed by atoms with Crippen LogP contribution >= 0.6 is 0 Å². The lowest BCUT2D eigenvalue weighted by atomic mass is 9.76. The summed E-state index contributed by atoms with van der Waals surface area (Å²) in [5.41, 5.74) is 4.06. The molecular formula is C36H47N3O5. The lowest BCUT2D eigenvalue weighted by Crippen LogP contribution is -2.75. The maximum absolute atomic E-state index is 6.36. The van der Waals surface area contributed by atoms with E-state index in [0.717, 1.165) is 26.2 Å². The molecule has 4 fully saturated rings. The zero-order chi connectivity index (χ0) is 30.0. The van der Waals surface area contributed by atoms with E-state index in [0.29, 0.717) is 59.5 Å². The third-order valence-corrected chi connectivity index (χ3v) is 8.83. The van der Waals surface area contributed by atoms with E-state index in [4.69, 9.17) is 23.7 Å². The number of rotatable bonds is 18. The number of nitrogens with zero attached hydrogens (tertiary/aromatic N) is 3. The van der Waals surface area contributed by atoms with Crippen molar-refractivity contribution in [1.82, 2.24) is 14.7 Å². The Balaban J connectivity index is 1.08. The van der Waals surface area contributed by atoms with Crippen molar-refractivity contribution in [2.75, 3.05) is 85.7 Å². The molecule has 3 aromatic rings. The van der Waals surface area contributed by atoms with E-state index in [1.165, 1.54) is 16.7 Å². The molecule has 8 nitrogen and oxygen atoms in total. The van der Waals surface area contributed by atoms with Gasteiger partial charge in [0.05, 0.1) is 78.0 Å².